The predicted molar refractivity (Wildman–Crippen MR) is 319 cm³/mol. The maximum atomic E-state index is 14.8. The van der Waals surface area contributed by atoms with Crippen LogP contribution in [-0.2, 0) is 64.0 Å². The number of hydrogen-bond acceptors (Lipinski definition) is 14. The number of fused-ring (bicyclic) bond motifs is 2. The molecule has 436 valence electrons. The number of carboxylic acid groups (broad SMARTS) is 1. The summed E-state index contributed by atoms with van der Waals surface area (Å²) in [7, 11) is 1.25. The van der Waals surface area contributed by atoms with Crippen LogP contribution < -0.4 is 43.4 Å². The molecule has 0 saturated heterocycles. The van der Waals surface area contributed by atoms with Crippen molar-refractivity contribution in [3.8, 4) is 0 Å². The molecule has 9 atom stereocenters. The van der Waals surface area contributed by atoms with Crippen LogP contribution >= 0.6 is 36.9 Å². The topological polar surface area (TPSA) is 333 Å². The zero-order valence-corrected chi connectivity index (χ0v) is 47.8. The number of hydrogen-bond donors (Lipinski definition) is 13. The van der Waals surface area contributed by atoms with Crippen LogP contribution in [0.1, 0.15) is 48.4 Å². The number of pyridine rings is 1. The lowest BCUT2D eigenvalue weighted by molar-refractivity contribution is -0.146. The molecule has 6 rings (SSSR count). The van der Waals surface area contributed by atoms with Crippen molar-refractivity contribution in [2.75, 3.05) is 25.1 Å². The monoisotopic (exact) mass is 1180 g/mol. The summed E-state index contributed by atoms with van der Waals surface area (Å²) in [5.41, 5.74) is 15.3. The number of likely N-dealkylation sites (N-methyl/N-ethyl adjacent to an activating group) is 1. The van der Waals surface area contributed by atoms with Gasteiger partial charge in [0.05, 0.1) is 12.1 Å². The number of carbonyl (C=O) groups excluding carboxylic acids is 7. The summed E-state index contributed by atoms with van der Waals surface area (Å²) < 4.78 is 0. The summed E-state index contributed by atoms with van der Waals surface area (Å²) in [6.45, 7) is 1.48. The number of aliphatic hydroxyl groups is 1. The van der Waals surface area contributed by atoms with Crippen molar-refractivity contribution in [1.82, 2.24) is 46.8 Å². The second-order valence-corrected chi connectivity index (χ2v) is 21.1. The van der Waals surface area contributed by atoms with Gasteiger partial charge in [-0.3, -0.25) is 38.5 Å². The number of thiol groups is 2. The first-order valence-electron chi connectivity index (χ1n) is 26.6. The highest BCUT2D eigenvalue weighted by Crippen LogP contribution is 2.21. The molecular weight excluding hydrogens is 1110 g/mol. The van der Waals surface area contributed by atoms with Gasteiger partial charge in [0.25, 0.3) is 0 Å². The Hall–Kier alpha value is -7.54. The smallest absolute Gasteiger partial charge is 0.326 e. The number of aromatic amines is 1. The minimum Gasteiger partial charge on any atom is -0.480 e. The van der Waals surface area contributed by atoms with Crippen LogP contribution in [0.4, 0.5) is 0 Å². The normalized spacial score (nSPS) is 14.6. The SMILES string of the molecule is C[C@@H](O)[C@H](NC(=O)[C@H](CCCCN)NC(=O)[C@@H](Cc1c[nH]c2ccccc12)NC(=O)[C@H](Cc1cccnc1)NC(=O)[C@@H](CS)NC(=O)[C@@H](N)Cc1ccc(Cl)cc1)C(=O)N(C)[C@@H](CS)C(=O)N[C@@H](Cc1ccc2ccccc2c1)C(=O)O. The van der Waals surface area contributed by atoms with Crippen molar-refractivity contribution < 1.29 is 48.6 Å². The molecule has 4 aromatic carbocycles. The zero-order valence-electron chi connectivity index (χ0n) is 45.3. The molecular formula is C58H70ClN11O10S2. The second-order valence-electron chi connectivity index (χ2n) is 19.9. The molecule has 0 fully saturated rings. The Kier molecular flexibility index (Phi) is 24.1. The van der Waals surface area contributed by atoms with E-state index >= 15 is 0 Å². The van der Waals surface area contributed by atoms with Gasteiger partial charge in [0.1, 0.15) is 42.3 Å². The summed E-state index contributed by atoms with van der Waals surface area (Å²) in [6, 6.07) is 19.3. The number of H-pyrrole nitrogens is 1. The minimum atomic E-state index is -1.70. The van der Waals surface area contributed by atoms with Gasteiger partial charge in [0.2, 0.25) is 41.4 Å². The first-order chi connectivity index (χ1) is 39.3. The summed E-state index contributed by atoms with van der Waals surface area (Å²) >= 11 is 14.7. The number of nitrogens with zero attached hydrogens (tertiary/aromatic N) is 2. The molecule has 13 N–H and O–H groups in total. The first kappa shape index (κ1) is 63.6. The molecule has 2 heterocycles. The molecule has 0 aliphatic rings. The standard InChI is InChI=1S/C58H70ClN11O10S2/c1-33(71)50(57(78)70(2)49(32-82)56(77)67-47(58(79)80)26-35-16-19-37-11-3-4-12-38(37)24-35)69-52(73)44(15-7-8-22-60)64-54(75)46(28-39-30-63-43-14-6-5-13-41(39)43)66-53(74)45(27-36-10-9-23-62-29-36)65-55(76)48(31-81)68-51(72)42(61)25-34-17-20-40(59)21-18-34/h3-6,9-14,16-21,23-24,29-30,33,42,44-50,63,71,81-82H,7-8,15,22,25-28,31-32,60-61H2,1-2H3,(H,64,75)(H,65,76)(H,66,74)(H,67,77)(H,68,72)(H,69,73)(H,79,80)/t33-,42+,44+,45+,46-,47+,48-,49+,50+/m1/s1. The molecule has 6 aromatic rings. The van der Waals surface area contributed by atoms with Crippen LogP contribution in [0.2, 0.25) is 5.02 Å². The quantitative estimate of drug-likeness (QED) is 0.0228. The van der Waals surface area contributed by atoms with Crippen LogP contribution in [0.15, 0.2) is 122 Å². The number of carbonyl (C=O) groups is 8. The van der Waals surface area contributed by atoms with Crippen molar-refractivity contribution in [1.29, 1.82) is 0 Å². The van der Waals surface area contributed by atoms with Gasteiger partial charge in [-0.1, -0.05) is 90.5 Å². The van der Waals surface area contributed by atoms with Gasteiger partial charge in [-0.2, -0.15) is 25.3 Å². The lowest BCUT2D eigenvalue weighted by Gasteiger charge is -2.32. The molecule has 0 radical (unpaired) electrons. The average molecular weight is 1180 g/mol. The van der Waals surface area contributed by atoms with Crippen LogP contribution in [0.3, 0.4) is 0 Å². The zero-order chi connectivity index (χ0) is 59.5. The van der Waals surface area contributed by atoms with E-state index in [2.05, 4.69) is 67.1 Å². The number of nitrogens with one attached hydrogen (secondary N) is 7. The predicted octanol–water partition coefficient (Wildman–Crippen LogP) is 2.16. The molecule has 0 saturated carbocycles. The van der Waals surface area contributed by atoms with E-state index in [-0.39, 0.29) is 50.2 Å². The Bertz CT molecular complexity index is 3170. The fourth-order valence-electron chi connectivity index (χ4n) is 9.18. The van der Waals surface area contributed by atoms with Crippen LogP contribution in [0, 0.1) is 0 Å². The van der Waals surface area contributed by atoms with Crippen molar-refractivity contribution in [3.05, 3.63) is 149 Å². The summed E-state index contributed by atoms with van der Waals surface area (Å²) in [5, 5.41) is 40.2. The second kappa shape index (κ2) is 31.0. The number of aromatic nitrogens is 2. The Morgan fingerprint density at radius 1 is 0.646 bits per heavy atom. The molecule has 0 aliphatic carbocycles. The Morgan fingerprint density at radius 2 is 1.24 bits per heavy atom. The van der Waals surface area contributed by atoms with Crippen LogP contribution in [-0.4, -0.2) is 152 Å². The molecule has 21 nitrogen and oxygen atoms in total. The van der Waals surface area contributed by atoms with Gasteiger partial charge >= 0.3 is 5.97 Å². The number of amides is 7. The van der Waals surface area contributed by atoms with E-state index < -0.39 is 102 Å². The van der Waals surface area contributed by atoms with E-state index in [0.29, 0.717) is 34.6 Å². The van der Waals surface area contributed by atoms with E-state index in [1.165, 1.54) is 26.4 Å². The molecule has 0 unspecified atom stereocenters. The lowest BCUT2D eigenvalue weighted by Crippen LogP contribution is -2.62. The number of aliphatic hydroxyl groups excluding tert-OH is 1. The Balaban J connectivity index is 1.21. The fraction of sp³-hybridized carbons (Fsp3) is 0.362. The van der Waals surface area contributed by atoms with Gasteiger partial charge in [0, 0.05) is 72.3 Å². The maximum Gasteiger partial charge on any atom is 0.326 e. The number of para-hydroxylation sites is 1. The number of rotatable bonds is 30. The van der Waals surface area contributed by atoms with Gasteiger partial charge in [0.15, 0.2) is 0 Å². The van der Waals surface area contributed by atoms with Gasteiger partial charge in [-0.05, 0) is 96.4 Å². The Morgan fingerprint density at radius 3 is 1.89 bits per heavy atom. The van der Waals surface area contributed by atoms with E-state index in [9.17, 15) is 48.6 Å². The van der Waals surface area contributed by atoms with Crippen LogP contribution in [0.5, 0.6) is 0 Å². The number of carboxylic acids is 1. The molecule has 7 amide bonds. The molecule has 2 aromatic heterocycles. The highest BCUT2D eigenvalue weighted by Gasteiger charge is 2.38. The van der Waals surface area contributed by atoms with E-state index in [1.807, 2.05) is 54.6 Å². The minimum absolute atomic E-state index is 0.0194. The first-order valence-corrected chi connectivity index (χ1v) is 28.3. The third-order valence-electron chi connectivity index (χ3n) is 13.8. The summed E-state index contributed by atoms with van der Waals surface area (Å²) in [6.07, 6.45) is 3.65. The van der Waals surface area contributed by atoms with E-state index in [4.69, 9.17) is 23.1 Å². The highest BCUT2D eigenvalue weighted by molar-refractivity contribution is 7.80. The summed E-state index contributed by atoms with van der Waals surface area (Å²) in [5.74, 6) is -7.57. The Labute approximate surface area is 490 Å². The average Bonchev–Trinajstić information content (AvgIpc) is 4.04. The van der Waals surface area contributed by atoms with E-state index in [1.54, 1.807) is 54.7 Å². The number of unbranched alkanes of at least 4 members (excludes halogenated alkanes) is 1. The fourth-order valence-corrected chi connectivity index (χ4v) is 9.97. The van der Waals surface area contributed by atoms with Gasteiger partial charge in [-0.25, -0.2) is 4.79 Å². The van der Waals surface area contributed by atoms with Gasteiger partial charge in [-0.15, -0.1) is 0 Å². The van der Waals surface area contributed by atoms with Crippen molar-refractivity contribution in [2.24, 2.45) is 11.5 Å². The number of aliphatic carboxylic acids is 1. The molecule has 0 spiro atoms. The maximum absolute atomic E-state index is 14.8. The molecule has 82 heavy (non-hydrogen) atoms. The number of halogens is 1. The summed E-state index contributed by atoms with van der Waals surface area (Å²) in [4.78, 5) is 120. The van der Waals surface area contributed by atoms with E-state index in [0.717, 1.165) is 32.1 Å². The van der Waals surface area contributed by atoms with Crippen LogP contribution in [0.25, 0.3) is 21.7 Å². The largest absolute Gasteiger partial charge is 0.480 e. The highest BCUT2D eigenvalue weighted by atomic mass is 35.5. The number of nitrogens with two attached hydrogens (primary N) is 2. The van der Waals surface area contributed by atoms with Gasteiger partial charge < -0.3 is 63.5 Å². The third kappa shape index (κ3) is 18.0. The molecule has 24 heteroatoms. The third-order valence-corrected chi connectivity index (χ3v) is 14.8. The molecule has 0 bridgehead atoms. The van der Waals surface area contributed by atoms with Crippen molar-refractivity contribution in [3.63, 3.8) is 0 Å². The van der Waals surface area contributed by atoms with Crippen molar-refractivity contribution >= 4 is 106 Å². The molecule has 0 aliphatic heterocycles. The lowest BCUT2D eigenvalue weighted by atomic mass is 10.0. The number of benzene rings is 4. The van der Waals surface area contributed by atoms with Crippen molar-refractivity contribution in [2.45, 2.75) is 106 Å².